The molecule has 0 radical (unpaired) electrons. The second kappa shape index (κ2) is 17.3. The Morgan fingerprint density at radius 3 is 1.86 bits per heavy atom. The molecule has 1 unspecified atom stereocenters. The molecule has 1 aromatic heterocycles. The molecule has 0 amide bonds. The predicted octanol–water partition coefficient (Wildman–Crippen LogP) is 6.69. The van der Waals surface area contributed by atoms with Crippen molar-refractivity contribution in [3.8, 4) is 0 Å². The van der Waals surface area contributed by atoms with Gasteiger partial charge >= 0.3 is 0 Å². The van der Waals surface area contributed by atoms with Crippen molar-refractivity contribution in [1.82, 2.24) is 9.97 Å². The number of benzene rings is 2. The summed E-state index contributed by atoms with van der Waals surface area (Å²) in [6.45, 7) is 12.0. The van der Waals surface area contributed by atoms with Crippen molar-refractivity contribution < 1.29 is 4.79 Å². The molecule has 3 aromatic rings. The van der Waals surface area contributed by atoms with Crippen LogP contribution in [0.3, 0.4) is 0 Å². The lowest BCUT2D eigenvalue weighted by atomic mass is 9.87. The average molecular weight is 393 g/mol. The van der Waals surface area contributed by atoms with Crippen LogP contribution >= 0.6 is 0 Å². The summed E-state index contributed by atoms with van der Waals surface area (Å²) < 4.78 is 0. The molecular formula is C26H36N2O. The van der Waals surface area contributed by atoms with Gasteiger partial charge in [0, 0.05) is 24.5 Å². The molecule has 2 aromatic carbocycles. The maximum Gasteiger partial charge on any atom is 0.146 e. The van der Waals surface area contributed by atoms with Crippen molar-refractivity contribution in [2.24, 2.45) is 0 Å². The summed E-state index contributed by atoms with van der Waals surface area (Å²) in [6, 6.07) is 20.1. The minimum absolute atomic E-state index is 0.166. The van der Waals surface area contributed by atoms with Gasteiger partial charge < -0.3 is 0 Å². The van der Waals surface area contributed by atoms with Gasteiger partial charge in [-0.05, 0) is 17.5 Å². The Morgan fingerprint density at radius 2 is 1.34 bits per heavy atom. The van der Waals surface area contributed by atoms with E-state index in [1.807, 2.05) is 90.1 Å². The number of Topliss-reactive ketones (excluding diaryl/α,β-unsaturated/α-hetero) is 1. The van der Waals surface area contributed by atoms with Gasteiger partial charge in [0.15, 0.2) is 0 Å². The number of hydrogen-bond donors (Lipinski definition) is 0. The Kier molecular flexibility index (Phi) is 15.6. The third kappa shape index (κ3) is 9.79. The summed E-state index contributed by atoms with van der Waals surface area (Å²) in [7, 11) is 0. The summed E-state index contributed by atoms with van der Waals surface area (Å²) in [5, 5.41) is 0. The Labute approximate surface area is 177 Å². The number of rotatable bonds is 6. The van der Waals surface area contributed by atoms with Crippen LogP contribution in [0, 0.1) is 0 Å². The van der Waals surface area contributed by atoms with Crippen LogP contribution in [-0.4, -0.2) is 15.8 Å². The number of hydrogen-bond acceptors (Lipinski definition) is 3. The second-order valence-corrected chi connectivity index (χ2v) is 5.49. The Balaban J connectivity index is 0.00000120. The van der Waals surface area contributed by atoms with Crippen molar-refractivity contribution in [3.63, 3.8) is 0 Å². The van der Waals surface area contributed by atoms with Crippen molar-refractivity contribution >= 4 is 5.78 Å². The molecule has 0 fully saturated rings. The highest BCUT2D eigenvalue weighted by molar-refractivity contribution is 5.87. The minimum atomic E-state index is -0.166. The molecule has 0 saturated carbocycles. The first-order valence-electron chi connectivity index (χ1n) is 10.7. The maximum atomic E-state index is 12.8. The van der Waals surface area contributed by atoms with E-state index in [1.165, 1.54) is 0 Å². The van der Waals surface area contributed by atoms with Gasteiger partial charge in [-0.15, -0.1) is 0 Å². The lowest BCUT2D eigenvalue weighted by molar-refractivity contribution is -0.119. The Bertz CT molecular complexity index is 743. The third-order valence-electron chi connectivity index (χ3n) is 3.85. The van der Waals surface area contributed by atoms with Gasteiger partial charge in [-0.3, -0.25) is 14.8 Å². The van der Waals surface area contributed by atoms with E-state index >= 15 is 0 Å². The monoisotopic (exact) mass is 392 g/mol. The number of aromatic nitrogens is 2. The van der Waals surface area contributed by atoms with Gasteiger partial charge in [-0.1, -0.05) is 102 Å². The molecule has 1 atom stereocenters. The highest BCUT2D eigenvalue weighted by atomic mass is 16.1. The zero-order valence-electron chi connectivity index (χ0n) is 18.8. The standard InChI is InChI=1S/C20H18N2O.3C2H6/c23-20(14-18-15-21-11-12-22-18)19(17-9-5-2-6-10-17)13-16-7-3-1-4-8-16;3*1-2/h1-12,15,19H,13-14H2;3*1-2H3. The summed E-state index contributed by atoms with van der Waals surface area (Å²) in [5.74, 6) is 0.00107. The number of nitrogens with zero attached hydrogens (tertiary/aromatic N) is 2. The van der Waals surface area contributed by atoms with E-state index < -0.39 is 0 Å². The van der Waals surface area contributed by atoms with Crippen LogP contribution in [-0.2, 0) is 17.6 Å². The van der Waals surface area contributed by atoms with E-state index in [0.717, 1.165) is 11.1 Å². The first-order chi connectivity index (χ1) is 14.3. The minimum Gasteiger partial charge on any atom is -0.299 e. The first-order valence-corrected chi connectivity index (χ1v) is 10.7. The molecule has 3 heteroatoms. The van der Waals surface area contributed by atoms with Crippen molar-refractivity contribution in [3.05, 3.63) is 96.1 Å². The van der Waals surface area contributed by atoms with Crippen LogP contribution in [0.5, 0.6) is 0 Å². The lowest BCUT2D eigenvalue weighted by Crippen LogP contribution is -2.18. The molecular weight excluding hydrogens is 356 g/mol. The van der Waals surface area contributed by atoms with E-state index in [1.54, 1.807) is 18.6 Å². The summed E-state index contributed by atoms with van der Waals surface area (Å²) in [4.78, 5) is 21.1. The largest absolute Gasteiger partial charge is 0.299 e. The first kappa shape index (κ1) is 26.2. The highest BCUT2D eigenvalue weighted by Crippen LogP contribution is 2.23. The normalized spacial score (nSPS) is 10.0. The van der Waals surface area contributed by atoms with Crippen LogP contribution in [0.15, 0.2) is 79.3 Å². The average Bonchev–Trinajstić information content (AvgIpc) is 2.83. The molecule has 3 nitrogen and oxygen atoms in total. The van der Waals surface area contributed by atoms with Gasteiger partial charge in [-0.2, -0.15) is 0 Å². The molecule has 1 heterocycles. The van der Waals surface area contributed by atoms with Crippen LogP contribution in [0.2, 0.25) is 0 Å². The van der Waals surface area contributed by atoms with E-state index in [4.69, 9.17) is 0 Å². The Hall–Kier alpha value is -2.81. The fourth-order valence-corrected chi connectivity index (χ4v) is 2.68. The number of carbonyl (C=O) groups is 1. The van der Waals surface area contributed by atoms with Gasteiger partial charge in [0.05, 0.1) is 12.1 Å². The second-order valence-electron chi connectivity index (χ2n) is 5.49. The molecule has 0 saturated heterocycles. The molecule has 0 aliphatic carbocycles. The highest BCUT2D eigenvalue weighted by Gasteiger charge is 2.21. The SMILES string of the molecule is CC.CC.CC.O=C(Cc1cnccn1)C(Cc1ccccc1)c1ccccc1. The summed E-state index contributed by atoms with van der Waals surface area (Å²) in [5.41, 5.74) is 2.92. The molecule has 29 heavy (non-hydrogen) atoms. The molecule has 0 N–H and O–H groups in total. The molecule has 0 bridgehead atoms. The van der Waals surface area contributed by atoms with Crippen molar-refractivity contribution in [1.29, 1.82) is 0 Å². The predicted molar refractivity (Wildman–Crippen MR) is 124 cm³/mol. The van der Waals surface area contributed by atoms with Crippen molar-refractivity contribution in [2.75, 3.05) is 0 Å². The van der Waals surface area contributed by atoms with Crippen LogP contribution in [0.1, 0.15) is 64.3 Å². The summed E-state index contributed by atoms with van der Waals surface area (Å²) >= 11 is 0. The van der Waals surface area contributed by atoms with Crippen molar-refractivity contribution in [2.45, 2.75) is 60.3 Å². The van der Waals surface area contributed by atoms with E-state index in [2.05, 4.69) is 22.1 Å². The topological polar surface area (TPSA) is 42.9 Å². The van der Waals surface area contributed by atoms with Gasteiger partial charge in [0.2, 0.25) is 0 Å². The molecule has 0 spiro atoms. The van der Waals surface area contributed by atoms with Gasteiger partial charge in [0.25, 0.3) is 0 Å². The zero-order chi connectivity index (χ0) is 21.9. The quantitative estimate of drug-likeness (QED) is 0.469. The molecule has 3 rings (SSSR count). The van der Waals surface area contributed by atoms with E-state index in [-0.39, 0.29) is 11.7 Å². The smallest absolute Gasteiger partial charge is 0.146 e. The fraction of sp³-hybridized carbons (Fsp3) is 0.346. The van der Waals surface area contributed by atoms with Gasteiger partial charge in [0.1, 0.15) is 5.78 Å². The van der Waals surface area contributed by atoms with E-state index in [9.17, 15) is 4.79 Å². The van der Waals surface area contributed by atoms with Crippen LogP contribution in [0.4, 0.5) is 0 Å². The zero-order valence-corrected chi connectivity index (χ0v) is 18.8. The van der Waals surface area contributed by atoms with Gasteiger partial charge in [-0.25, -0.2) is 0 Å². The van der Waals surface area contributed by atoms with Crippen LogP contribution in [0.25, 0.3) is 0 Å². The Morgan fingerprint density at radius 1 is 0.793 bits per heavy atom. The lowest BCUT2D eigenvalue weighted by Gasteiger charge is -2.16. The molecule has 0 aliphatic rings. The maximum absolute atomic E-state index is 12.8. The fourth-order valence-electron chi connectivity index (χ4n) is 2.68. The molecule has 0 aliphatic heterocycles. The van der Waals surface area contributed by atoms with Crippen LogP contribution < -0.4 is 0 Å². The molecule has 156 valence electrons. The number of ketones is 1. The summed E-state index contributed by atoms with van der Waals surface area (Å²) in [6.07, 6.45) is 5.90. The number of carbonyl (C=O) groups excluding carboxylic acids is 1. The van der Waals surface area contributed by atoms with E-state index in [0.29, 0.717) is 18.5 Å². The third-order valence-corrected chi connectivity index (χ3v) is 3.85.